The number of hydrogen-bond donors (Lipinski definition) is 3. The van der Waals surface area contributed by atoms with Gasteiger partial charge in [-0.3, -0.25) is 4.79 Å². The van der Waals surface area contributed by atoms with Crippen molar-refractivity contribution < 1.29 is 24.9 Å². The van der Waals surface area contributed by atoms with Crippen molar-refractivity contribution in [3.63, 3.8) is 0 Å². The summed E-state index contributed by atoms with van der Waals surface area (Å²) in [6.07, 6.45) is 4.75. The highest BCUT2D eigenvalue weighted by molar-refractivity contribution is 6.15. The van der Waals surface area contributed by atoms with Crippen molar-refractivity contribution in [2.45, 2.75) is 12.8 Å². The molecule has 1 fully saturated rings. The molecular formula is C20H18O5. The number of ketones is 1. The average molecular weight is 338 g/mol. The van der Waals surface area contributed by atoms with Crippen molar-refractivity contribution >= 4 is 17.9 Å². The van der Waals surface area contributed by atoms with Crippen LogP contribution in [0, 0.1) is 0 Å². The van der Waals surface area contributed by atoms with E-state index in [4.69, 9.17) is 4.74 Å². The van der Waals surface area contributed by atoms with Crippen molar-refractivity contribution in [1.82, 2.24) is 0 Å². The average Bonchev–Trinajstić information content (AvgIpc) is 2.93. The van der Waals surface area contributed by atoms with E-state index in [0.29, 0.717) is 35.3 Å². The Morgan fingerprint density at radius 1 is 0.840 bits per heavy atom. The molecule has 0 saturated heterocycles. The van der Waals surface area contributed by atoms with Gasteiger partial charge in [0.1, 0.15) is 0 Å². The van der Waals surface area contributed by atoms with Crippen LogP contribution in [0.15, 0.2) is 47.5 Å². The minimum atomic E-state index is -0.216. The van der Waals surface area contributed by atoms with E-state index in [1.54, 1.807) is 30.4 Å². The maximum absolute atomic E-state index is 12.6. The first-order valence-electron chi connectivity index (χ1n) is 7.83. The monoisotopic (exact) mass is 338 g/mol. The number of hydrogen-bond acceptors (Lipinski definition) is 5. The maximum atomic E-state index is 12.6. The third-order valence-corrected chi connectivity index (χ3v) is 4.13. The molecule has 1 aliphatic carbocycles. The zero-order valence-electron chi connectivity index (χ0n) is 13.7. The van der Waals surface area contributed by atoms with E-state index < -0.39 is 0 Å². The Hall–Kier alpha value is -3.21. The van der Waals surface area contributed by atoms with Crippen LogP contribution in [0.3, 0.4) is 0 Å². The van der Waals surface area contributed by atoms with Gasteiger partial charge < -0.3 is 20.1 Å². The molecule has 5 nitrogen and oxygen atoms in total. The van der Waals surface area contributed by atoms with Crippen LogP contribution in [0.5, 0.6) is 23.0 Å². The summed E-state index contributed by atoms with van der Waals surface area (Å²) < 4.78 is 5.08. The number of carbonyl (C=O) groups is 1. The molecule has 0 aromatic heterocycles. The predicted octanol–water partition coefficient (Wildman–Crippen LogP) is 3.64. The largest absolute Gasteiger partial charge is 0.504 e. The van der Waals surface area contributed by atoms with E-state index >= 15 is 0 Å². The van der Waals surface area contributed by atoms with Crippen molar-refractivity contribution in [2.75, 3.05) is 7.11 Å². The summed E-state index contributed by atoms with van der Waals surface area (Å²) in [6, 6.07) is 9.37. The number of benzene rings is 2. The molecule has 0 bridgehead atoms. The van der Waals surface area contributed by atoms with E-state index in [-0.39, 0.29) is 23.0 Å². The molecule has 0 radical (unpaired) electrons. The minimum absolute atomic E-state index is 0.0420. The molecule has 0 heterocycles. The number of phenolic OH excluding ortho intramolecular Hbond substituents is 3. The zero-order valence-corrected chi connectivity index (χ0v) is 13.7. The van der Waals surface area contributed by atoms with E-state index in [1.165, 1.54) is 25.3 Å². The Kier molecular flexibility index (Phi) is 4.48. The molecule has 3 N–H and O–H groups in total. The van der Waals surface area contributed by atoms with Crippen LogP contribution in [0.4, 0.5) is 0 Å². The highest BCUT2D eigenvalue weighted by atomic mass is 16.5. The molecule has 128 valence electrons. The molecule has 1 saturated carbocycles. The van der Waals surface area contributed by atoms with Crippen molar-refractivity contribution in [3.8, 4) is 23.0 Å². The predicted molar refractivity (Wildman–Crippen MR) is 94.6 cm³/mol. The fourth-order valence-corrected chi connectivity index (χ4v) is 2.79. The number of aromatic hydroxyl groups is 3. The van der Waals surface area contributed by atoms with Crippen molar-refractivity contribution in [2.24, 2.45) is 0 Å². The first-order valence-corrected chi connectivity index (χ1v) is 7.83. The molecule has 25 heavy (non-hydrogen) atoms. The summed E-state index contributed by atoms with van der Waals surface area (Å²) in [5.74, 6) is -0.0432. The molecule has 0 atom stereocenters. The van der Waals surface area contributed by atoms with Gasteiger partial charge in [0.05, 0.1) is 7.11 Å². The molecular weight excluding hydrogens is 320 g/mol. The van der Waals surface area contributed by atoms with Gasteiger partial charge in [0.25, 0.3) is 0 Å². The molecule has 5 heteroatoms. The van der Waals surface area contributed by atoms with Gasteiger partial charge in [0, 0.05) is 11.1 Å². The van der Waals surface area contributed by atoms with E-state index in [1.807, 2.05) is 0 Å². The standard InChI is InChI=1S/C20H18O5/c1-25-19-11-13(3-7-17(19)22)9-15-5-4-14(20(15)24)8-12-2-6-16(21)18(23)10-12/h2-3,6-11,21-23H,4-5H2,1H3/b14-8+,15-9+. The SMILES string of the molecule is COc1cc(/C=C2\CC/C(=C\c3ccc(O)c(O)c3)C2=O)ccc1O. The Bertz CT molecular complexity index is 893. The van der Waals surface area contributed by atoms with Gasteiger partial charge >= 0.3 is 0 Å². The number of phenols is 3. The lowest BCUT2D eigenvalue weighted by atomic mass is 10.1. The van der Waals surface area contributed by atoms with Crippen LogP contribution < -0.4 is 4.74 Å². The Balaban J connectivity index is 1.86. The van der Waals surface area contributed by atoms with Crippen LogP contribution in [0.2, 0.25) is 0 Å². The Labute approximate surface area is 145 Å². The second kappa shape index (κ2) is 6.73. The zero-order chi connectivity index (χ0) is 18.0. The lowest BCUT2D eigenvalue weighted by Crippen LogP contribution is -1.95. The van der Waals surface area contributed by atoms with Crippen LogP contribution in [-0.2, 0) is 4.79 Å². The summed E-state index contributed by atoms with van der Waals surface area (Å²) in [5.41, 5.74) is 2.77. The maximum Gasteiger partial charge on any atom is 0.185 e. The number of ether oxygens (including phenoxy) is 1. The van der Waals surface area contributed by atoms with Crippen molar-refractivity contribution in [3.05, 3.63) is 58.7 Å². The summed E-state index contributed by atoms with van der Waals surface area (Å²) in [5, 5.41) is 28.5. The van der Waals surface area contributed by atoms with Gasteiger partial charge in [-0.1, -0.05) is 12.1 Å². The molecule has 1 aliphatic rings. The molecule has 0 aliphatic heterocycles. The van der Waals surface area contributed by atoms with Crippen LogP contribution in [0.1, 0.15) is 24.0 Å². The van der Waals surface area contributed by atoms with E-state index in [2.05, 4.69) is 0 Å². The Morgan fingerprint density at radius 2 is 1.40 bits per heavy atom. The van der Waals surface area contributed by atoms with Gasteiger partial charge in [-0.15, -0.1) is 0 Å². The highest BCUT2D eigenvalue weighted by Crippen LogP contribution is 2.33. The third kappa shape index (κ3) is 3.50. The van der Waals surface area contributed by atoms with Crippen molar-refractivity contribution in [1.29, 1.82) is 0 Å². The lowest BCUT2D eigenvalue weighted by Gasteiger charge is -2.04. The Morgan fingerprint density at radius 3 is 1.96 bits per heavy atom. The van der Waals surface area contributed by atoms with Crippen LogP contribution in [-0.4, -0.2) is 28.2 Å². The van der Waals surface area contributed by atoms with Gasteiger partial charge in [0.2, 0.25) is 0 Å². The molecule has 0 unspecified atom stereocenters. The highest BCUT2D eigenvalue weighted by Gasteiger charge is 2.23. The van der Waals surface area contributed by atoms with Gasteiger partial charge in [-0.25, -0.2) is 0 Å². The first kappa shape index (κ1) is 16.6. The normalized spacial score (nSPS) is 17.4. The first-order chi connectivity index (χ1) is 12.0. The van der Waals surface area contributed by atoms with Gasteiger partial charge in [0.15, 0.2) is 28.8 Å². The molecule has 0 amide bonds. The van der Waals surface area contributed by atoms with Gasteiger partial charge in [-0.05, 0) is 60.4 Å². The second-order valence-electron chi connectivity index (χ2n) is 5.85. The fraction of sp³-hybridized carbons (Fsp3) is 0.150. The molecule has 2 aromatic rings. The summed E-state index contributed by atoms with van der Waals surface area (Å²) in [4.78, 5) is 12.6. The van der Waals surface area contributed by atoms with Gasteiger partial charge in [-0.2, -0.15) is 0 Å². The number of methoxy groups -OCH3 is 1. The fourth-order valence-electron chi connectivity index (χ4n) is 2.79. The number of Topliss-reactive ketones (excluding diaryl/α,β-unsaturated/α-hetero) is 1. The van der Waals surface area contributed by atoms with E-state index in [9.17, 15) is 20.1 Å². The van der Waals surface area contributed by atoms with Crippen LogP contribution in [0.25, 0.3) is 12.2 Å². The number of allylic oxidation sites excluding steroid dienone is 2. The lowest BCUT2D eigenvalue weighted by molar-refractivity contribution is -0.111. The summed E-state index contributed by atoms with van der Waals surface area (Å²) in [6.45, 7) is 0. The number of rotatable bonds is 3. The summed E-state index contributed by atoms with van der Waals surface area (Å²) in [7, 11) is 1.47. The molecule has 2 aromatic carbocycles. The minimum Gasteiger partial charge on any atom is -0.504 e. The quantitative estimate of drug-likeness (QED) is 0.587. The summed E-state index contributed by atoms with van der Waals surface area (Å²) >= 11 is 0. The smallest absolute Gasteiger partial charge is 0.185 e. The topological polar surface area (TPSA) is 87.0 Å². The van der Waals surface area contributed by atoms with Crippen LogP contribution >= 0.6 is 0 Å². The van der Waals surface area contributed by atoms with E-state index in [0.717, 1.165) is 5.56 Å². The third-order valence-electron chi connectivity index (χ3n) is 4.13. The second-order valence-corrected chi connectivity index (χ2v) is 5.85. The molecule has 3 rings (SSSR count). The molecule has 0 spiro atoms. The number of carbonyl (C=O) groups excluding carboxylic acids is 1.